The maximum absolute atomic E-state index is 12.2. The van der Waals surface area contributed by atoms with E-state index in [4.69, 9.17) is 4.74 Å². The number of carbonyl (C=O) groups is 2. The van der Waals surface area contributed by atoms with E-state index in [1.807, 2.05) is 26.0 Å². The minimum atomic E-state index is -0.919. The number of hydrogen-bond donors (Lipinski definition) is 1. The maximum Gasteiger partial charge on any atom is 0.349 e. The predicted octanol–water partition coefficient (Wildman–Crippen LogP) is 2.63. The number of nitriles is 1. The first-order valence-electron chi connectivity index (χ1n) is 8.67. The quantitative estimate of drug-likeness (QED) is 0.468. The molecule has 0 aliphatic heterocycles. The molecule has 0 aromatic carbocycles. The molecule has 0 spiro atoms. The van der Waals surface area contributed by atoms with Crippen LogP contribution in [0.1, 0.15) is 50.1 Å². The summed E-state index contributed by atoms with van der Waals surface area (Å²) in [5, 5.41) is 12.1. The van der Waals surface area contributed by atoms with Crippen molar-refractivity contribution in [2.24, 2.45) is 0 Å². The van der Waals surface area contributed by atoms with Crippen LogP contribution in [0.3, 0.4) is 0 Å². The molecule has 1 fully saturated rings. The van der Waals surface area contributed by atoms with E-state index in [9.17, 15) is 14.9 Å². The minimum Gasteiger partial charge on any atom is -0.448 e. The number of hydrogen-bond acceptors (Lipinski definition) is 4. The van der Waals surface area contributed by atoms with Crippen molar-refractivity contribution in [1.82, 2.24) is 9.88 Å². The Morgan fingerprint density at radius 1 is 1.48 bits per heavy atom. The molecule has 1 N–H and O–H groups in total. The second-order valence-electron chi connectivity index (χ2n) is 6.48. The SMILES string of the molecule is CCCn1c(C)cc(/C=C(\C#N)C(=O)O[C@H](C)C(=O)NC2CC2)c1C. The average Bonchev–Trinajstić information content (AvgIpc) is 3.34. The van der Waals surface area contributed by atoms with Crippen molar-refractivity contribution in [2.75, 3.05) is 0 Å². The lowest BCUT2D eigenvalue weighted by molar-refractivity contribution is -0.150. The first-order chi connectivity index (χ1) is 11.9. The van der Waals surface area contributed by atoms with Gasteiger partial charge in [-0.3, -0.25) is 4.79 Å². The lowest BCUT2D eigenvalue weighted by atomic mass is 10.1. The molecule has 1 amide bonds. The van der Waals surface area contributed by atoms with Crippen molar-refractivity contribution in [1.29, 1.82) is 5.26 Å². The van der Waals surface area contributed by atoms with E-state index in [0.29, 0.717) is 0 Å². The fourth-order valence-electron chi connectivity index (χ4n) is 2.66. The Morgan fingerprint density at radius 3 is 2.72 bits per heavy atom. The lowest BCUT2D eigenvalue weighted by Crippen LogP contribution is -2.37. The zero-order valence-corrected chi connectivity index (χ0v) is 15.3. The normalized spacial score (nSPS) is 15.4. The molecule has 0 bridgehead atoms. The fraction of sp³-hybridized carbons (Fsp3) is 0.526. The molecule has 1 saturated carbocycles. The third-order valence-electron chi connectivity index (χ3n) is 4.28. The van der Waals surface area contributed by atoms with Crippen LogP contribution >= 0.6 is 0 Å². The largest absolute Gasteiger partial charge is 0.448 e. The maximum atomic E-state index is 12.2. The molecular weight excluding hydrogens is 318 g/mol. The van der Waals surface area contributed by atoms with Gasteiger partial charge in [-0.15, -0.1) is 0 Å². The van der Waals surface area contributed by atoms with Gasteiger partial charge in [-0.2, -0.15) is 5.26 Å². The molecule has 0 unspecified atom stereocenters. The van der Waals surface area contributed by atoms with Gasteiger partial charge in [0.15, 0.2) is 6.10 Å². The highest BCUT2D eigenvalue weighted by Crippen LogP contribution is 2.20. The number of aromatic nitrogens is 1. The third-order valence-corrected chi connectivity index (χ3v) is 4.28. The zero-order valence-electron chi connectivity index (χ0n) is 15.3. The van der Waals surface area contributed by atoms with Gasteiger partial charge in [0, 0.05) is 24.0 Å². The highest BCUT2D eigenvalue weighted by Gasteiger charge is 2.27. The highest BCUT2D eigenvalue weighted by molar-refractivity contribution is 5.99. The van der Waals surface area contributed by atoms with E-state index in [1.54, 1.807) is 0 Å². The van der Waals surface area contributed by atoms with Gasteiger partial charge in [0.25, 0.3) is 5.91 Å². The van der Waals surface area contributed by atoms with Gasteiger partial charge in [-0.1, -0.05) is 6.92 Å². The average molecular weight is 343 g/mol. The monoisotopic (exact) mass is 343 g/mol. The van der Waals surface area contributed by atoms with Crippen LogP contribution in [0.2, 0.25) is 0 Å². The molecule has 1 heterocycles. The van der Waals surface area contributed by atoms with Crippen LogP contribution in [0.4, 0.5) is 0 Å². The van der Waals surface area contributed by atoms with E-state index < -0.39 is 12.1 Å². The predicted molar refractivity (Wildman–Crippen MR) is 94.5 cm³/mol. The van der Waals surface area contributed by atoms with Crippen molar-refractivity contribution in [3.8, 4) is 6.07 Å². The van der Waals surface area contributed by atoms with Crippen LogP contribution in [-0.4, -0.2) is 28.6 Å². The Balaban J connectivity index is 2.11. The summed E-state index contributed by atoms with van der Waals surface area (Å²) >= 11 is 0. The minimum absolute atomic E-state index is 0.108. The van der Waals surface area contributed by atoms with Crippen molar-refractivity contribution in [2.45, 2.75) is 65.6 Å². The van der Waals surface area contributed by atoms with Gasteiger partial charge in [0.05, 0.1) is 0 Å². The Morgan fingerprint density at radius 2 is 2.16 bits per heavy atom. The lowest BCUT2D eigenvalue weighted by Gasteiger charge is -2.12. The Hall–Kier alpha value is -2.55. The molecular formula is C19H25N3O3. The topological polar surface area (TPSA) is 84.1 Å². The smallest absolute Gasteiger partial charge is 0.349 e. The number of rotatable bonds is 7. The van der Waals surface area contributed by atoms with Crippen molar-refractivity contribution >= 4 is 18.0 Å². The van der Waals surface area contributed by atoms with Crippen molar-refractivity contribution < 1.29 is 14.3 Å². The van der Waals surface area contributed by atoms with Crippen LogP contribution in [-0.2, 0) is 20.9 Å². The Kier molecular flexibility index (Phi) is 6.02. The van der Waals surface area contributed by atoms with Gasteiger partial charge in [-0.25, -0.2) is 4.79 Å². The summed E-state index contributed by atoms with van der Waals surface area (Å²) in [7, 11) is 0. The van der Waals surface area contributed by atoms with Crippen LogP contribution in [0, 0.1) is 25.2 Å². The number of nitrogens with one attached hydrogen (secondary N) is 1. The third kappa shape index (κ3) is 4.72. The number of esters is 1. The summed E-state index contributed by atoms with van der Waals surface area (Å²) in [6.07, 6.45) is 3.53. The summed E-state index contributed by atoms with van der Waals surface area (Å²) < 4.78 is 7.29. The van der Waals surface area contributed by atoms with Gasteiger partial charge >= 0.3 is 5.97 Å². The van der Waals surface area contributed by atoms with E-state index >= 15 is 0 Å². The van der Waals surface area contributed by atoms with E-state index in [0.717, 1.165) is 42.8 Å². The fourth-order valence-corrected chi connectivity index (χ4v) is 2.66. The first-order valence-corrected chi connectivity index (χ1v) is 8.67. The zero-order chi connectivity index (χ0) is 18.6. The molecule has 134 valence electrons. The Labute approximate surface area is 148 Å². The second-order valence-corrected chi connectivity index (χ2v) is 6.48. The number of aryl methyl sites for hydroxylation is 1. The highest BCUT2D eigenvalue weighted by atomic mass is 16.5. The molecule has 1 aromatic rings. The molecule has 25 heavy (non-hydrogen) atoms. The van der Waals surface area contributed by atoms with Gasteiger partial charge in [-0.05, 0) is 57.7 Å². The summed E-state index contributed by atoms with van der Waals surface area (Å²) in [6, 6.07) is 4.02. The van der Waals surface area contributed by atoms with Gasteiger partial charge < -0.3 is 14.6 Å². The number of nitrogens with zero attached hydrogens (tertiary/aromatic N) is 2. The summed E-state index contributed by atoms with van der Waals surface area (Å²) in [5.41, 5.74) is 2.78. The summed E-state index contributed by atoms with van der Waals surface area (Å²) in [4.78, 5) is 24.1. The first kappa shape index (κ1) is 18.8. The molecule has 1 aromatic heterocycles. The van der Waals surface area contributed by atoms with Crippen molar-refractivity contribution in [3.63, 3.8) is 0 Å². The number of amides is 1. The van der Waals surface area contributed by atoms with Crippen LogP contribution in [0.5, 0.6) is 0 Å². The van der Waals surface area contributed by atoms with E-state index in [-0.39, 0.29) is 17.5 Å². The van der Waals surface area contributed by atoms with Crippen LogP contribution < -0.4 is 5.32 Å². The van der Waals surface area contributed by atoms with Crippen LogP contribution in [0.15, 0.2) is 11.6 Å². The Bertz CT molecular complexity index is 736. The molecule has 1 aliphatic rings. The van der Waals surface area contributed by atoms with E-state index in [2.05, 4.69) is 16.8 Å². The molecule has 0 radical (unpaired) electrons. The molecule has 1 aliphatic carbocycles. The van der Waals surface area contributed by atoms with Gasteiger partial charge in [0.2, 0.25) is 0 Å². The number of carbonyl (C=O) groups excluding carboxylic acids is 2. The molecule has 2 rings (SSSR count). The standard InChI is InChI=1S/C19H25N3O3/c1-5-8-22-12(2)9-15(13(22)3)10-16(11-20)19(24)25-14(4)18(23)21-17-6-7-17/h9-10,14,17H,5-8H2,1-4H3,(H,21,23)/b16-10+/t14-/m1/s1. The second kappa shape index (κ2) is 8.02. The van der Waals surface area contributed by atoms with E-state index in [1.165, 1.54) is 13.0 Å². The molecule has 6 nitrogen and oxygen atoms in total. The summed E-state index contributed by atoms with van der Waals surface area (Å²) in [5.74, 6) is -1.10. The molecule has 6 heteroatoms. The summed E-state index contributed by atoms with van der Waals surface area (Å²) in [6.45, 7) is 8.45. The van der Waals surface area contributed by atoms with Crippen LogP contribution in [0.25, 0.3) is 6.08 Å². The molecule has 1 atom stereocenters. The molecule has 0 saturated heterocycles. The van der Waals surface area contributed by atoms with Crippen molar-refractivity contribution in [3.05, 3.63) is 28.6 Å². The van der Waals surface area contributed by atoms with Gasteiger partial charge in [0.1, 0.15) is 11.6 Å². The number of ether oxygens (including phenoxy) is 1.